The van der Waals surface area contributed by atoms with E-state index >= 15 is 0 Å². The van der Waals surface area contributed by atoms with Crippen LogP contribution in [-0.2, 0) is 10.0 Å². The topological polar surface area (TPSA) is 64.6 Å². The van der Waals surface area contributed by atoms with Crippen molar-refractivity contribution in [3.8, 4) is 17.2 Å². The van der Waals surface area contributed by atoms with Crippen molar-refractivity contribution < 1.29 is 17.9 Å². The number of halogens is 1. The van der Waals surface area contributed by atoms with Crippen LogP contribution in [0.2, 0.25) is 0 Å². The van der Waals surface area contributed by atoms with Gasteiger partial charge in [0.05, 0.1) is 21.3 Å². The molecule has 0 aromatic heterocycles. The number of hydrogen-bond donors (Lipinski definition) is 1. The van der Waals surface area contributed by atoms with Gasteiger partial charge in [0.15, 0.2) is 5.75 Å². The van der Waals surface area contributed by atoms with Gasteiger partial charge in [0.25, 0.3) is 10.0 Å². The van der Waals surface area contributed by atoms with E-state index < -0.39 is 10.0 Å². The van der Waals surface area contributed by atoms with Gasteiger partial charge < -0.3 is 9.47 Å². The van der Waals surface area contributed by atoms with E-state index in [1.54, 1.807) is 55.6 Å². The minimum atomic E-state index is -3.77. The summed E-state index contributed by atoms with van der Waals surface area (Å²) in [7, 11) is -2.22. The van der Waals surface area contributed by atoms with Crippen molar-refractivity contribution in [1.82, 2.24) is 0 Å². The first-order valence-corrected chi connectivity index (χ1v) is 10.2. The molecule has 0 aliphatic rings. The van der Waals surface area contributed by atoms with E-state index in [1.165, 1.54) is 6.07 Å². The van der Waals surface area contributed by atoms with Crippen LogP contribution in [0.5, 0.6) is 17.2 Å². The zero-order chi connectivity index (χ0) is 18.6. The molecule has 3 aromatic rings. The average Bonchev–Trinajstić information content (AvgIpc) is 2.64. The van der Waals surface area contributed by atoms with Gasteiger partial charge in [0.1, 0.15) is 11.5 Å². The number of benzene rings is 3. The van der Waals surface area contributed by atoms with Crippen LogP contribution in [0.1, 0.15) is 0 Å². The predicted octanol–water partition coefficient (Wildman–Crippen LogP) is 4.89. The smallest absolute Gasteiger partial charge is 0.262 e. The summed E-state index contributed by atoms with van der Waals surface area (Å²) in [4.78, 5) is 0.150. The Morgan fingerprint density at radius 2 is 1.58 bits per heavy atom. The SMILES string of the molecule is COc1ccc(S(=O)(=O)Nc2ccccc2Oc2ccccc2)cc1I. The molecule has 1 N–H and O–H groups in total. The molecule has 134 valence electrons. The molecule has 0 spiro atoms. The van der Waals surface area contributed by atoms with Crippen LogP contribution in [0.3, 0.4) is 0 Å². The molecular weight excluding hydrogens is 465 g/mol. The van der Waals surface area contributed by atoms with Crippen molar-refractivity contribution in [2.24, 2.45) is 0 Å². The van der Waals surface area contributed by atoms with E-state index in [0.29, 0.717) is 26.5 Å². The summed E-state index contributed by atoms with van der Waals surface area (Å²) in [5, 5.41) is 0. The van der Waals surface area contributed by atoms with E-state index in [9.17, 15) is 8.42 Å². The van der Waals surface area contributed by atoms with Gasteiger partial charge in [-0.3, -0.25) is 4.72 Å². The molecule has 0 saturated carbocycles. The van der Waals surface area contributed by atoms with Gasteiger partial charge in [-0.05, 0) is 65.1 Å². The molecule has 0 saturated heterocycles. The summed E-state index contributed by atoms with van der Waals surface area (Å²) >= 11 is 2.04. The second kappa shape index (κ2) is 7.96. The molecule has 3 aromatic carbocycles. The standard InChI is InChI=1S/C19H16INO4S/c1-24-18-12-11-15(13-16(18)20)26(22,23)21-17-9-5-6-10-19(17)25-14-7-3-2-4-8-14/h2-13,21H,1H3. The normalized spacial score (nSPS) is 11.0. The van der Waals surface area contributed by atoms with Crippen LogP contribution in [0, 0.1) is 3.57 Å². The van der Waals surface area contributed by atoms with Gasteiger partial charge in [-0.15, -0.1) is 0 Å². The fourth-order valence-corrected chi connectivity index (χ4v) is 4.32. The third-order valence-corrected chi connectivity index (χ3v) is 5.74. The molecule has 7 heteroatoms. The summed E-state index contributed by atoms with van der Waals surface area (Å²) in [6.07, 6.45) is 0. The lowest BCUT2D eigenvalue weighted by atomic mass is 10.3. The van der Waals surface area contributed by atoms with Crippen molar-refractivity contribution >= 4 is 38.3 Å². The summed E-state index contributed by atoms with van der Waals surface area (Å²) < 4.78 is 39.8. The third kappa shape index (κ3) is 4.28. The van der Waals surface area contributed by atoms with Crippen molar-refractivity contribution in [2.75, 3.05) is 11.8 Å². The van der Waals surface area contributed by atoms with Gasteiger partial charge in [-0.2, -0.15) is 0 Å². The summed E-state index contributed by atoms with van der Waals surface area (Å²) in [5.41, 5.74) is 0.363. The zero-order valence-electron chi connectivity index (χ0n) is 13.8. The molecule has 0 fully saturated rings. The number of methoxy groups -OCH3 is 1. The Morgan fingerprint density at radius 3 is 2.27 bits per heavy atom. The summed E-state index contributed by atoms with van der Waals surface area (Å²) in [5.74, 6) is 1.67. The maximum Gasteiger partial charge on any atom is 0.262 e. The van der Waals surface area contributed by atoms with Crippen LogP contribution in [-0.4, -0.2) is 15.5 Å². The van der Waals surface area contributed by atoms with Crippen molar-refractivity contribution in [3.63, 3.8) is 0 Å². The quantitative estimate of drug-likeness (QED) is 0.510. The predicted molar refractivity (Wildman–Crippen MR) is 109 cm³/mol. The molecule has 0 unspecified atom stereocenters. The monoisotopic (exact) mass is 481 g/mol. The minimum Gasteiger partial charge on any atom is -0.496 e. The van der Waals surface area contributed by atoms with Gasteiger partial charge in [0.2, 0.25) is 0 Å². The molecule has 0 bridgehead atoms. The maximum absolute atomic E-state index is 12.7. The van der Waals surface area contributed by atoms with Gasteiger partial charge in [0, 0.05) is 0 Å². The lowest BCUT2D eigenvalue weighted by Crippen LogP contribution is -2.13. The molecule has 0 atom stereocenters. The molecule has 3 rings (SSSR count). The largest absolute Gasteiger partial charge is 0.496 e. The Labute approximate surface area is 166 Å². The van der Waals surface area contributed by atoms with E-state index in [0.717, 1.165) is 0 Å². The van der Waals surface area contributed by atoms with Crippen LogP contribution < -0.4 is 14.2 Å². The summed E-state index contributed by atoms with van der Waals surface area (Å²) in [6.45, 7) is 0. The highest BCUT2D eigenvalue weighted by Gasteiger charge is 2.18. The highest BCUT2D eigenvalue weighted by molar-refractivity contribution is 14.1. The first-order chi connectivity index (χ1) is 12.5. The Bertz CT molecular complexity index is 1010. The first kappa shape index (κ1) is 18.5. The van der Waals surface area contributed by atoms with Gasteiger partial charge >= 0.3 is 0 Å². The minimum absolute atomic E-state index is 0.150. The lowest BCUT2D eigenvalue weighted by molar-refractivity contribution is 0.411. The van der Waals surface area contributed by atoms with Crippen molar-refractivity contribution in [2.45, 2.75) is 4.90 Å². The molecule has 0 amide bonds. The lowest BCUT2D eigenvalue weighted by Gasteiger charge is -2.14. The van der Waals surface area contributed by atoms with Crippen molar-refractivity contribution in [3.05, 3.63) is 76.4 Å². The van der Waals surface area contributed by atoms with Crippen LogP contribution in [0.25, 0.3) is 0 Å². The Hall–Kier alpha value is -2.26. The fourth-order valence-electron chi connectivity index (χ4n) is 2.27. The molecule has 0 aliphatic carbocycles. The Morgan fingerprint density at radius 1 is 0.885 bits per heavy atom. The van der Waals surface area contributed by atoms with Gasteiger partial charge in [-0.25, -0.2) is 8.42 Å². The maximum atomic E-state index is 12.7. The molecule has 0 aliphatic heterocycles. The Balaban J connectivity index is 1.89. The molecule has 0 radical (unpaired) electrons. The van der Waals surface area contributed by atoms with E-state index in [4.69, 9.17) is 9.47 Å². The third-order valence-electron chi connectivity index (χ3n) is 3.54. The second-order valence-corrected chi connectivity index (χ2v) is 8.16. The highest BCUT2D eigenvalue weighted by Crippen LogP contribution is 2.31. The van der Waals surface area contributed by atoms with E-state index in [1.807, 2.05) is 40.8 Å². The zero-order valence-corrected chi connectivity index (χ0v) is 16.8. The molecule has 0 heterocycles. The van der Waals surface area contributed by atoms with Gasteiger partial charge in [-0.1, -0.05) is 30.3 Å². The Kier molecular flexibility index (Phi) is 5.67. The summed E-state index contributed by atoms with van der Waals surface area (Å²) in [6, 6.07) is 20.8. The number of hydrogen-bond acceptors (Lipinski definition) is 4. The number of rotatable bonds is 6. The van der Waals surface area contributed by atoms with Crippen LogP contribution >= 0.6 is 22.6 Å². The number of nitrogens with one attached hydrogen (secondary N) is 1. The fraction of sp³-hybridized carbons (Fsp3) is 0.0526. The van der Waals surface area contributed by atoms with E-state index in [2.05, 4.69) is 4.72 Å². The highest BCUT2D eigenvalue weighted by atomic mass is 127. The second-order valence-electron chi connectivity index (χ2n) is 5.31. The number of anilines is 1. The van der Waals surface area contributed by atoms with E-state index in [-0.39, 0.29) is 4.90 Å². The van der Waals surface area contributed by atoms with Crippen LogP contribution in [0.4, 0.5) is 5.69 Å². The average molecular weight is 481 g/mol. The molecule has 26 heavy (non-hydrogen) atoms. The first-order valence-electron chi connectivity index (χ1n) is 7.68. The molecule has 5 nitrogen and oxygen atoms in total. The number of ether oxygens (including phenoxy) is 2. The van der Waals surface area contributed by atoms with Crippen molar-refractivity contribution in [1.29, 1.82) is 0 Å². The van der Waals surface area contributed by atoms with Crippen LogP contribution in [0.15, 0.2) is 77.7 Å². The number of sulfonamides is 1. The molecular formula is C19H16INO4S. The number of para-hydroxylation sites is 3.